The molecule has 2 heterocycles. The number of fused-ring (bicyclic) bond motifs is 1. The van der Waals surface area contributed by atoms with E-state index in [1.165, 1.54) is 27.1 Å². The molecule has 1 saturated heterocycles. The lowest BCUT2D eigenvalue weighted by molar-refractivity contribution is 0.0358. The Morgan fingerprint density at radius 3 is 2.60 bits per heavy atom. The zero-order chi connectivity index (χ0) is 20.9. The summed E-state index contributed by atoms with van der Waals surface area (Å²) in [7, 11) is 2.22. The zero-order valence-corrected chi connectivity index (χ0v) is 19.3. The van der Waals surface area contributed by atoms with Crippen molar-refractivity contribution < 1.29 is 9.47 Å². The minimum absolute atomic E-state index is 0.420. The predicted octanol–water partition coefficient (Wildman–Crippen LogP) is 4.40. The van der Waals surface area contributed by atoms with E-state index in [1.54, 1.807) is 11.8 Å². The maximum atomic E-state index is 6.22. The van der Waals surface area contributed by atoms with Gasteiger partial charge in [0.1, 0.15) is 5.75 Å². The SMILES string of the molecule is CSc1ccc(C2CN(C)Cc3c2ccc(OCCCN2CCOCC2)c3C)cc1. The van der Waals surface area contributed by atoms with Crippen LogP contribution in [-0.4, -0.2) is 69.1 Å². The number of rotatable bonds is 7. The van der Waals surface area contributed by atoms with E-state index in [0.717, 1.165) is 64.7 Å². The van der Waals surface area contributed by atoms with Crippen LogP contribution < -0.4 is 4.74 Å². The van der Waals surface area contributed by atoms with E-state index in [2.05, 4.69) is 66.4 Å². The normalized spacial score (nSPS) is 20.2. The van der Waals surface area contributed by atoms with Crippen molar-refractivity contribution in [2.75, 3.05) is 59.3 Å². The number of likely N-dealkylation sites (N-methyl/N-ethyl adjacent to an activating group) is 1. The van der Waals surface area contributed by atoms with Gasteiger partial charge in [0.25, 0.3) is 0 Å². The number of hydrogen-bond donors (Lipinski definition) is 0. The van der Waals surface area contributed by atoms with Crippen LogP contribution >= 0.6 is 11.8 Å². The van der Waals surface area contributed by atoms with E-state index in [0.29, 0.717) is 5.92 Å². The van der Waals surface area contributed by atoms with Gasteiger partial charge >= 0.3 is 0 Å². The Morgan fingerprint density at radius 2 is 1.87 bits per heavy atom. The molecule has 0 amide bonds. The highest BCUT2D eigenvalue weighted by molar-refractivity contribution is 7.98. The number of morpholine rings is 1. The number of hydrogen-bond acceptors (Lipinski definition) is 5. The highest BCUT2D eigenvalue weighted by atomic mass is 32.2. The van der Waals surface area contributed by atoms with Crippen molar-refractivity contribution in [1.29, 1.82) is 0 Å². The zero-order valence-electron chi connectivity index (χ0n) is 18.5. The number of thioether (sulfide) groups is 1. The van der Waals surface area contributed by atoms with Gasteiger partial charge in [0.15, 0.2) is 0 Å². The van der Waals surface area contributed by atoms with E-state index >= 15 is 0 Å². The van der Waals surface area contributed by atoms with Crippen molar-refractivity contribution in [3.63, 3.8) is 0 Å². The molecule has 2 aliphatic rings. The topological polar surface area (TPSA) is 24.9 Å². The van der Waals surface area contributed by atoms with Crippen LogP contribution in [0.4, 0.5) is 0 Å². The summed E-state index contributed by atoms with van der Waals surface area (Å²) in [5.41, 5.74) is 5.60. The van der Waals surface area contributed by atoms with Crippen LogP contribution in [0.15, 0.2) is 41.3 Å². The molecule has 2 aliphatic heterocycles. The summed E-state index contributed by atoms with van der Waals surface area (Å²) in [4.78, 5) is 6.22. The van der Waals surface area contributed by atoms with Crippen LogP contribution in [0.3, 0.4) is 0 Å². The van der Waals surface area contributed by atoms with E-state index < -0.39 is 0 Å². The lowest BCUT2D eigenvalue weighted by Crippen LogP contribution is -2.37. The van der Waals surface area contributed by atoms with Gasteiger partial charge in [-0.1, -0.05) is 18.2 Å². The summed E-state index contributed by atoms with van der Waals surface area (Å²) in [6, 6.07) is 13.6. The molecule has 2 aromatic carbocycles. The molecule has 2 aromatic rings. The smallest absolute Gasteiger partial charge is 0.122 e. The molecular formula is C25H34N2O2S. The Labute approximate surface area is 185 Å². The van der Waals surface area contributed by atoms with Crippen LogP contribution in [0.5, 0.6) is 5.75 Å². The molecule has 162 valence electrons. The molecule has 1 atom stereocenters. The van der Waals surface area contributed by atoms with Gasteiger partial charge < -0.3 is 14.4 Å². The molecule has 0 bridgehead atoms. The monoisotopic (exact) mass is 426 g/mol. The standard InChI is InChI=1S/C25H34N2O2S/c1-19-23-17-26(2)18-24(20-5-7-21(30-3)8-6-20)22(23)9-10-25(19)29-14-4-11-27-12-15-28-16-13-27/h5-10,24H,4,11-18H2,1-3H3. The first-order chi connectivity index (χ1) is 14.7. The van der Waals surface area contributed by atoms with Gasteiger partial charge in [0.05, 0.1) is 19.8 Å². The summed E-state index contributed by atoms with van der Waals surface area (Å²) >= 11 is 1.80. The van der Waals surface area contributed by atoms with Gasteiger partial charge in [-0.15, -0.1) is 11.8 Å². The fourth-order valence-corrected chi connectivity index (χ4v) is 5.02. The molecular weight excluding hydrogens is 392 g/mol. The second kappa shape index (κ2) is 10.2. The van der Waals surface area contributed by atoms with E-state index in [9.17, 15) is 0 Å². The Balaban J connectivity index is 1.45. The number of benzene rings is 2. The van der Waals surface area contributed by atoms with Crippen LogP contribution in [0.1, 0.15) is 34.6 Å². The van der Waals surface area contributed by atoms with Crippen molar-refractivity contribution in [3.8, 4) is 5.75 Å². The van der Waals surface area contributed by atoms with Gasteiger partial charge in [-0.05, 0) is 67.1 Å². The molecule has 0 spiro atoms. The van der Waals surface area contributed by atoms with Crippen molar-refractivity contribution in [2.45, 2.75) is 30.7 Å². The van der Waals surface area contributed by atoms with E-state index in [4.69, 9.17) is 9.47 Å². The summed E-state index contributed by atoms with van der Waals surface area (Å²) in [6.07, 6.45) is 3.19. The molecule has 0 N–H and O–H groups in total. The first kappa shape index (κ1) is 21.7. The molecule has 0 radical (unpaired) electrons. The maximum Gasteiger partial charge on any atom is 0.122 e. The van der Waals surface area contributed by atoms with E-state index in [-0.39, 0.29) is 0 Å². The maximum absolute atomic E-state index is 6.22. The van der Waals surface area contributed by atoms with Gasteiger partial charge in [-0.25, -0.2) is 0 Å². The first-order valence-electron chi connectivity index (χ1n) is 11.0. The largest absolute Gasteiger partial charge is 0.493 e. The summed E-state index contributed by atoms with van der Waals surface area (Å²) < 4.78 is 11.6. The predicted molar refractivity (Wildman–Crippen MR) is 125 cm³/mol. The third-order valence-electron chi connectivity index (χ3n) is 6.38. The fraction of sp³-hybridized carbons (Fsp3) is 0.520. The molecule has 5 heteroatoms. The van der Waals surface area contributed by atoms with Gasteiger partial charge in [0, 0.05) is 43.5 Å². The Bertz CT molecular complexity index is 834. The van der Waals surface area contributed by atoms with Gasteiger partial charge in [-0.3, -0.25) is 4.90 Å². The van der Waals surface area contributed by atoms with Crippen molar-refractivity contribution >= 4 is 11.8 Å². The van der Waals surface area contributed by atoms with Gasteiger partial charge in [0.2, 0.25) is 0 Å². The second-order valence-electron chi connectivity index (χ2n) is 8.44. The Morgan fingerprint density at radius 1 is 1.10 bits per heavy atom. The van der Waals surface area contributed by atoms with E-state index in [1.807, 2.05) is 0 Å². The highest BCUT2D eigenvalue weighted by Crippen LogP contribution is 2.38. The third-order valence-corrected chi connectivity index (χ3v) is 7.12. The lowest BCUT2D eigenvalue weighted by atomic mass is 9.83. The van der Waals surface area contributed by atoms with Crippen LogP contribution in [-0.2, 0) is 11.3 Å². The number of nitrogens with zero attached hydrogens (tertiary/aromatic N) is 2. The molecule has 0 aromatic heterocycles. The van der Waals surface area contributed by atoms with Crippen molar-refractivity contribution in [3.05, 3.63) is 58.7 Å². The summed E-state index contributed by atoms with van der Waals surface area (Å²) in [5.74, 6) is 1.46. The Hall–Kier alpha value is -1.53. The molecule has 1 fully saturated rings. The average Bonchev–Trinajstić information content (AvgIpc) is 2.78. The molecule has 4 nitrogen and oxygen atoms in total. The molecule has 4 rings (SSSR count). The second-order valence-corrected chi connectivity index (χ2v) is 9.31. The third kappa shape index (κ3) is 5.02. The summed E-state index contributed by atoms with van der Waals surface area (Å²) in [5, 5.41) is 0. The molecule has 0 aliphatic carbocycles. The van der Waals surface area contributed by atoms with Crippen molar-refractivity contribution in [2.24, 2.45) is 0 Å². The highest BCUT2D eigenvalue weighted by Gasteiger charge is 2.27. The molecule has 1 unspecified atom stereocenters. The molecule has 0 saturated carbocycles. The quantitative estimate of drug-likeness (QED) is 0.483. The molecule has 30 heavy (non-hydrogen) atoms. The lowest BCUT2D eigenvalue weighted by Gasteiger charge is -2.34. The summed E-state index contributed by atoms with van der Waals surface area (Å²) in [6.45, 7) is 9.95. The van der Waals surface area contributed by atoms with Crippen molar-refractivity contribution in [1.82, 2.24) is 9.80 Å². The fourth-order valence-electron chi connectivity index (χ4n) is 4.61. The Kier molecular flexibility index (Phi) is 7.37. The minimum atomic E-state index is 0.420. The van der Waals surface area contributed by atoms with Crippen LogP contribution in [0.25, 0.3) is 0 Å². The van der Waals surface area contributed by atoms with Gasteiger partial charge in [-0.2, -0.15) is 0 Å². The van der Waals surface area contributed by atoms with Crippen LogP contribution in [0.2, 0.25) is 0 Å². The first-order valence-corrected chi connectivity index (χ1v) is 12.3. The number of ether oxygens (including phenoxy) is 2. The minimum Gasteiger partial charge on any atom is -0.493 e. The van der Waals surface area contributed by atoms with Crippen LogP contribution in [0, 0.1) is 6.92 Å². The average molecular weight is 427 g/mol.